The fourth-order valence-electron chi connectivity index (χ4n) is 1.14. The molecule has 1 fully saturated rings. The number of nitrogens with one attached hydrogen (secondary N) is 1. The molecule has 4 heteroatoms. The van der Waals surface area contributed by atoms with Crippen LogP contribution >= 0.6 is 11.8 Å². The number of rotatable bonds is 4. The van der Waals surface area contributed by atoms with Crippen molar-refractivity contribution in [1.82, 2.24) is 5.32 Å². The Kier molecular flexibility index (Phi) is 5.23. The Hall–Kier alpha value is -0.220. The Morgan fingerprint density at radius 2 is 2.54 bits per heavy atom. The van der Waals surface area contributed by atoms with E-state index in [4.69, 9.17) is 4.74 Å². The summed E-state index contributed by atoms with van der Waals surface area (Å²) in [6.45, 7) is 3.87. The molecule has 1 atom stereocenters. The van der Waals surface area contributed by atoms with Gasteiger partial charge in [0.2, 0.25) is 0 Å². The summed E-state index contributed by atoms with van der Waals surface area (Å²) < 4.78 is 4.96. The van der Waals surface area contributed by atoms with E-state index in [0.717, 1.165) is 24.7 Å². The van der Waals surface area contributed by atoms with Crippen LogP contribution in [-0.4, -0.2) is 37.2 Å². The third-order valence-corrected chi connectivity index (χ3v) is 2.88. The molecule has 0 radical (unpaired) electrons. The van der Waals surface area contributed by atoms with Gasteiger partial charge in [0, 0.05) is 32.1 Å². The Labute approximate surface area is 84.3 Å². The Morgan fingerprint density at radius 1 is 1.69 bits per heavy atom. The average Bonchev–Trinajstić information content (AvgIpc) is 2.13. The first-order valence-electron chi connectivity index (χ1n) is 4.75. The molecule has 0 aliphatic carbocycles. The highest BCUT2D eigenvalue weighted by atomic mass is 32.2. The van der Waals surface area contributed by atoms with E-state index >= 15 is 0 Å². The van der Waals surface area contributed by atoms with Crippen LogP contribution in [0.25, 0.3) is 0 Å². The second kappa shape index (κ2) is 6.27. The van der Waals surface area contributed by atoms with Gasteiger partial charge in [-0.15, -0.1) is 0 Å². The van der Waals surface area contributed by atoms with Gasteiger partial charge in [0.1, 0.15) is 0 Å². The topological polar surface area (TPSA) is 33.6 Å². The van der Waals surface area contributed by atoms with E-state index in [0.29, 0.717) is 6.04 Å². The summed E-state index contributed by atoms with van der Waals surface area (Å²) in [6, 6.07) is 0.586. The van der Waals surface area contributed by atoms with Crippen molar-refractivity contribution in [1.29, 1.82) is 0 Å². The highest BCUT2D eigenvalue weighted by Crippen LogP contribution is 2.13. The van der Waals surface area contributed by atoms with Crippen molar-refractivity contribution in [3.8, 4) is 0 Å². The molecule has 76 valence electrons. The molecular weight excluding hydrogens is 184 g/mol. The number of ether oxygens (including phenoxy) is 1. The summed E-state index contributed by atoms with van der Waals surface area (Å²) >= 11 is 1.82. The summed E-state index contributed by atoms with van der Waals surface area (Å²) in [4.78, 5) is 4.46. The van der Waals surface area contributed by atoms with Crippen LogP contribution in [0.3, 0.4) is 0 Å². The SMILES string of the molecule is COCCCN=C1NC(C)CCS1. The number of hydrogen-bond donors (Lipinski definition) is 1. The third kappa shape index (κ3) is 4.52. The van der Waals surface area contributed by atoms with E-state index in [2.05, 4.69) is 17.2 Å². The molecule has 0 saturated carbocycles. The third-order valence-electron chi connectivity index (χ3n) is 1.92. The molecule has 1 unspecified atom stereocenters. The Bertz CT molecular complexity index is 173. The summed E-state index contributed by atoms with van der Waals surface area (Å²) in [5.74, 6) is 1.19. The average molecular weight is 202 g/mol. The van der Waals surface area contributed by atoms with Crippen molar-refractivity contribution >= 4 is 16.9 Å². The van der Waals surface area contributed by atoms with Gasteiger partial charge in [0.15, 0.2) is 5.17 Å². The van der Waals surface area contributed by atoms with E-state index in [9.17, 15) is 0 Å². The van der Waals surface area contributed by atoms with E-state index in [1.165, 1.54) is 12.2 Å². The lowest BCUT2D eigenvalue weighted by Gasteiger charge is -2.21. The second-order valence-corrected chi connectivity index (χ2v) is 4.30. The lowest BCUT2D eigenvalue weighted by atomic mass is 10.3. The molecule has 1 aliphatic rings. The van der Waals surface area contributed by atoms with Crippen LogP contribution in [0.15, 0.2) is 4.99 Å². The standard InChI is InChI=1S/C9H18N2OS/c1-8-4-7-13-9(11-8)10-5-3-6-12-2/h8H,3-7H2,1-2H3,(H,10,11). The van der Waals surface area contributed by atoms with E-state index in [1.54, 1.807) is 7.11 Å². The second-order valence-electron chi connectivity index (χ2n) is 3.22. The maximum Gasteiger partial charge on any atom is 0.156 e. The first-order chi connectivity index (χ1) is 6.33. The van der Waals surface area contributed by atoms with Crippen molar-refractivity contribution in [2.75, 3.05) is 26.0 Å². The van der Waals surface area contributed by atoms with Crippen LogP contribution in [0.4, 0.5) is 0 Å². The quantitative estimate of drug-likeness (QED) is 0.701. The lowest BCUT2D eigenvalue weighted by Crippen LogP contribution is -2.35. The number of thioether (sulfide) groups is 1. The van der Waals surface area contributed by atoms with Gasteiger partial charge < -0.3 is 10.1 Å². The fourth-order valence-corrected chi connectivity index (χ4v) is 2.27. The first kappa shape index (κ1) is 10.9. The number of nitrogens with zero attached hydrogens (tertiary/aromatic N) is 1. The van der Waals surface area contributed by atoms with Crippen LogP contribution in [0, 0.1) is 0 Å². The molecule has 3 nitrogen and oxygen atoms in total. The predicted octanol–water partition coefficient (Wildman–Crippen LogP) is 1.49. The van der Waals surface area contributed by atoms with Crippen molar-refractivity contribution < 1.29 is 4.74 Å². The molecule has 1 rings (SSSR count). The minimum Gasteiger partial charge on any atom is -0.385 e. The molecule has 0 aromatic rings. The van der Waals surface area contributed by atoms with Crippen molar-refractivity contribution in [3.63, 3.8) is 0 Å². The minimum atomic E-state index is 0.586. The molecular formula is C9H18N2OS. The maximum absolute atomic E-state index is 4.96. The smallest absolute Gasteiger partial charge is 0.156 e. The summed E-state index contributed by atoms with van der Waals surface area (Å²) in [5, 5.41) is 4.47. The van der Waals surface area contributed by atoms with Crippen LogP contribution in [0.2, 0.25) is 0 Å². The largest absolute Gasteiger partial charge is 0.385 e. The number of amidine groups is 1. The van der Waals surface area contributed by atoms with Crippen molar-refractivity contribution in [3.05, 3.63) is 0 Å². The molecule has 1 heterocycles. The number of methoxy groups -OCH3 is 1. The van der Waals surface area contributed by atoms with Crippen LogP contribution in [-0.2, 0) is 4.74 Å². The van der Waals surface area contributed by atoms with Gasteiger partial charge in [-0.3, -0.25) is 4.99 Å². The fraction of sp³-hybridized carbons (Fsp3) is 0.889. The van der Waals surface area contributed by atoms with E-state index < -0.39 is 0 Å². The molecule has 0 amide bonds. The molecule has 1 aliphatic heterocycles. The van der Waals surface area contributed by atoms with Crippen molar-refractivity contribution in [2.24, 2.45) is 4.99 Å². The zero-order valence-corrected chi connectivity index (χ0v) is 9.19. The molecule has 0 spiro atoms. The van der Waals surface area contributed by atoms with E-state index in [1.807, 2.05) is 11.8 Å². The first-order valence-corrected chi connectivity index (χ1v) is 5.74. The molecule has 0 aromatic heterocycles. The Morgan fingerprint density at radius 3 is 3.23 bits per heavy atom. The molecule has 0 bridgehead atoms. The predicted molar refractivity (Wildman–Crippen MR) is 58.5 cm³/mol. The molecule has 13 heavy (non-hydrogen) atoms. The van der Waals surface area contributed by atoms with Gasteiger partial charge in [0.25, 0.3) is 0 Å². The Balaban J connectivity index is 2.17. The zero-order chi connectivity index (χ0) is 9.52. The molecule has 0 aromatic carbocycles. The van der Waals surface area contributed by atoms with Crippen LogP contribution < -0.4 is 5.32 Å². The van der Waals surface area contributed by atoms with Gasteiger partial charge in [-0.05, 0) is 19.8 Å². The van der Waals surface area contributed by atoms with Crippen LogP contribution in [0.1, 0.15) is 19.8 Å². The molecule has 1 N–H and O–H groups in total. The van der Waals surface area contributed by atoms with Crippen molar-refractivity contribution in [2.45, 2.75) is 25.8 Å². The summed E-state index contributed by atoms with van der Waals surface area (Å²) in [6.07, 6.45) is 2.25. The number of hydrogen-bond acceptors (Lipinski definition) is 3. The van der Waals surface area contributed by atoms with E-state index in [-0.39, 0.29) is 0 Å². The monoisotopic (exact) mass is 202 g/mol. The lowest BCUT2D eigenvalue weighted by molar-refractivity contribution is 0.197. The van der Waals surface area contributed by atoms with Gasteiger partial charge in [-0.2, -0.15) is 0 Å². The van der Waals surface area contributed by atoms with Gasteiger partial charge >= 0.3 is 0 Å². The highest BCUT2D eigenvalue weighted by Gasteiger charge is 2.11. The zero-order valence-electron chi connectivity index (χ0n) is 8.38. The summed E-state index contributed by atoms with van der Waals surface area (Å²) in [7, 11) is 1.73. The number of aliphatic imine (C=N–C) groups is 1. The normalized spacial score (nSPS) is 26.0. The van der Waals surface area contributed by atoms with Crippen LogP contribution in [0.5, 0.6) is 0 Å². The van der Waals surface area contributed by atoms with Gasteiger partial charge in [-0.1, -0.05) is 11.8 Å². The maximum atomic E-state index is 4.96. The molecule has 1 saturated heterocycles. The highest BCUT2D eigenvalue weighted by molar-refractivity contribution is 8.13. The van der Waals surface area contributed by atoms with Gasteiger partial charge in [0.05, 0.1) is 0 Å². The van der Waals surface area contributed by atoms with Gasteiger partial charge in [-0.25, -0.2) is 0 Å². The summed E-state index contributed by atoms with van der Waals surface area (Å²) in [5.41, 5.74) is 0. The minimum absolute atomic E-state index is 0.586.